The number of benzene rings is 2. The monoisotopic (exact) mass is 383 g/mol. The molecular weight excluding hydrogens is 362 g/mol. The van der Waals surface area contributed by atoms with Gasteiger partial charge >= 0.3 is 0 Å². The van der Waals surface area contributed by atoms with E-state index >= 15 is 0 Å². The van der Waals surface area contributed by atoms with Gasteiger partial charge in [0, 0.05) is 27.8 Å². The van der Waals surface area contributed by atoms with Gasteiger partial charge in [-0.1, -0.05) is 6.07 Å². The first-order valence-corrected chi connectivity index (χ1v) is 10.8. The van der Waals surface area contributed by atoms with E-state index in [0.717, 1.165) is 30.0 Å². The molecule has 2 aromatic carbocycles. The number of carbonyl (C=O) groups is 1. The quantitative estimate of drug-likeness (QED) is 0.642. The molecule has 4 rings (SSSR count). The second kappa shape index (κ2) is 6.74. The summed E-state index contributed by atoms with van der Waals surface area (Å²) >= 11 is 0. The van der Waals surface area contributed by atoms with Crippen LogP contribution in [0.15, 0.2) is 42.5 Å². The number of H-pyrrole nitrogens is 1. The maximum Gasteiger partial charge on any atom is 0.255 e. The molecule has 1 aliphatic carbocycles. The van der Waals surface area contributed by atoms with Crippen molar-refractivity contribution in [2.45, 2.75) is 25.7 Å². The van der Waals surface area contributed by atoms with Gasteiger partial charge in [0.15, 0.2) is 0 Å². The van der Waals surface area contributed by atoms with Crippen molar-refractivity contribution >= 4 is 38.2 Å². The fourth-order valence-corrected chi connectivity index (χ4v) is 4.18. The molecular formula is C20H21N3O3S. The lowest BCUT2D eigenvalue weighted by Gasteiger charge is -2.11. The van der Waals surface area contributed by atoms with E-state index in [2.05, 4.69) is 15.0 Å². The fraction of sp³-hybridized carbons (Fsp3) is 0.250. The van der Waals surface area contributed by atoms with Gasteiger partial charge in [0.2, 0.25) is 10.0 Å². The van der Waals surface area contributed by atoms with Crippen LogP contribution in [-0.2, 0) is 22.9 Å². The number of carbonyl (C=O) groups excluding carboxylic acids is 1. The molecule has 7 heteroatoms. The van der Waals surface area contributed by atoms with Gasteiger partial charge in [-0.3, -0.25) is 9.52 Å². The van der Waals surface area contributed by atoms with Crippen LogP contribution in [0.3, 0.4) is 0 Å². The molecule has 1 aliphatic rings. The van der Waals surface area contributed by atoms with E-state index < -0.39 is 10.0 Å². The zero-order chi connectivity index (χ0) is 19.0. The van der Waals surface area contributed by atoms with Gasteiger partial charge in [-0.05, 0) is 67.6 Å². The number of aromatic amines is 1. The van der Waals surface area contributed by atoms with Gasteiger partial charge < -0.3 is 10.3 Å². The fourth-order valence-electron chi connectivity index (χ4n) is 3.63. The van der Waals surface area contributed by atoms with E-state index in [1.54, 1.807) is 30.3 Å². The normalized spacial score (nSPS) is 14.0. The SMILES string of the molecule is CS(=O)(=O)Nc1cccc(NC(=O)c2ccc3[nH]c4c(c3c2)CCCC4)c1. The molecule has 140 valence electrons. The Kier molecular flexibility index (Phi) is 4.39. The topological polar surface area (TPSA) is 91.1 Å². The summed E-state index contributed by atoms with van der Waals surface area (Å²) in [4.78, 5) is 16.1. The third-order valence-electron chi connectivity index (χ3n) is 4.78. The Bertz CT molecular complexity index is 1130. The number of nitrogens with one attached hydrogen (secondary N) is 3. The van der Waals surface area contributed by atoms with Gasteiger partial charge in [0.05, 0.1) is 11.9 Å². The Morgan fingerprint density at radius 1 is 1.04 bits per heavy atom. The first kappa shape index (κ1) is 17.6. The highest BCUT2D eigenvalue weighted by molar-refractivity contribution is 7.92. The predicted octanol–water partition coefficient (Wildman–Crippen LogP) is 3.67. The number of anilines is 2. The summed E-state index contributed by atoms with van der Waals surface area (Å²) in [6.07, 6.45) is 5.57. The van der Waals surface area contributed by atoms with Crippen LogP contribution < -0.4 is 10.0 Å². The lowest BCUT2D eigenvalue weighted by Crippen LogP contribution is -2.13. The van der Waals surface area contributed by atoms with Crippen LogP contribution in [0.1, 0.15) is 34.5 Å². The first-order chi connectivity index (χ1) is 12.9. The molecule has 1 aromatic heterocycles. The van der Waals surface area contributed by atoms with Crippen LogP contribution in [0, 0.1) is 0 Å². The summed E-state index contributed by atoms with van der Waals surface area (Å²) in [5.74, 6) is -0.223. The average molecular weight is 383 g/mol. The van der Waals surface area contributed by atoms with Crippen LogP contribution in [0.5, 0.6) is 0 Å². The molecule has 0 saturated carbocycles. The van der Waals surface area contributed by atoms with E-state index in [-0.39, 0.29) is 5.91 Å². The molecule has 3 N–H and O–H groups in total. The summed E-state index contributed by atoms with van der Waals surface area (Å²) in [7, 11) is -3.37. The number of fused-ring (bicyclic) bond motifs is 3. The van der Waals surface area contributed by atoms with Crippen molar-refractivity contribution in [2.75, 3.05) is 16.3 Å². The van der Waals surface area contributed by atoms with Crippen LogP contribution in [0.25, 0.3) is 10.9 Å². The van der Waals surface area contributed by atoms with Crippen molar-refractivity contribution in [2.24, 2.45) is 0 Å². The highest BCUT2D eigenvalue weighted by atomic mass is 32.2. The highest BCUT2D eigenvalue weighted by Crippen LogP contribution is 2.30. The lowest BCUT2D eigenvalue weighted by molar-refractivity contribution is 0.102. The minimum atomic E-state index is -3.37. The van der Waals surface area contributed by atoms with Gasteiger partial charge in [0.25, 0.3) is 5.91 Å². The third kappa shape index (κ3) is 3.83. The lowest BCUT2D eigenvalue weighted by atomic mass is 9.95. The van der Waals surface area contributed by atoms with E-state index in [0.29, 0.717) is 16.9 Å². The van der Waals surface area contributed by atoms with Crippen LogP contribution in [0.2, 0.25) is 0 Å². The van der Waals surface area contributed by atoms with E-state index in [9.17, 15) is 13.2 Å². The standard InChI is InChI=1S/C20H21N3O3S/c1-27(25,26)23-15-6-4-5-14(12-15)21-20(24)13-9-10-19-17(11-13)16-7-2-3-8-18(16)22-19/h4-6,9-12,22-23H,2-3,7-8H2,1H3,(H,21,24). The largest absolute Gasteiger partial charge is 0.358 e. The number of aromatic nitrogens is 1. The predicted molar refractivity (Wildman–Crippen MR) is 108 cm³/mol. The number of hydrogen-bond donors (Lipinski definition) is 3. The number of aryl methyl sites for hydroxylation is 2. The maximum absolute atomic E-state index is 12.7. The number of rotatable bonds is 4. The molecule has 0 radical (unpaired) electrons. The summed E-state index contributed by atoms with van der Waals surface area (Å²) < 4.78 is 25.1. The Balaban J connectivity index is 1.59. The minimum absolute atomic E-state index is 0.223. The van der Waals surface area contributed by atoms with Crippen molar-refractivity contribution < 1.29 is 13.2 Å². The zero-order valence-electron chi connectivity index (χ0n) is 15.0. The molecule has 0 bridgehead atoms. The molecule has 0 atom stereocenters. The molecule has 0 saturated heterocycles. The molecule has 3 aromatic rings. The molecule has 1 heterocycles. The summed E-state index contributed by atoms with van der Waals surface area (Å²) in [6, 6.07) is 12.3. The summed E-state index contributed by atoms with van der Waals surface area (Å²) in [6.45, 7) is 0. The van der Waals surface area contributed by atoms with E-state index in [1.165, 1.54) is 24.1 Å². The highest BCUT2D eigenvalue weighted by Gasteiger charge is 2.17. The molecule has 0 spiro atoms. The molecule has 27 heavy (non-hydrogen) atoms. The summed E-state index contributed by atoms with van der Waals surface area (Å²) in [5.41, 5.74) is 5.20. The second-order valence-electron chi connectivity index (χ2n) is 6.96. The van der Waals surface area contributed by atoms with Crippen LogP contribution in [-0.4, -0.2) is 25.6 Å². The Labute approximate surface area is 158 Å². The van der Waals surface area contributed by atoms with Gasteiger partial charge in [-0.15, -0.1) is 0 Å². The van der Waals surface area contributed by atoms with Crippen molar-refractivity contribution in [3.8, 4) is 0 Å². The third-order valence-corrected chi connectivity index (χ3v) is 5.39. The number of sulfonamides is 1. The molecule has 6 nitrogen and oxygen atoms in total. The Morgan fingerprint density at radius 3 is 2.63 bits per heavy atom. The van der Waals surface area contributed by atoms with Gasteiger partial charge in [-0.25, -0.2) is 8.42 Å². The van der Waals surface area contributed by atoms with Crippen molar-refractivity contribution in [1.82, 2.24) is 4.98 Å². The minimum Gasteiger partial charge on any atom is -0.358 e. The zero-order valence-corrected chi connectivity index (χ0v) is 15.8. The maximum atomic E-state index is 12.7. The molecule has 0 unspecified atom stereocenters. The van der Waals surface area contributed by atoms with Crippen LogP contribution in [0.4, 0.5) is 11.4 Å². The molecule has 1 amide bonds. The van der Waals surface area contributed by atoms with Gasteiger partial charge in [0.1, 0.15) is 0 Å². The smallest absolute Gasteiger partial charge is 0.255 e. The van der Waals surface area contributed by atoms with Crippen molar-refractivity contribution in [3.05, 3.63) is 59.3 Å². The Morgan fingerprint density at radius 2 is 1.81 bits per heavy atom. The number of amides is 1. The van der Waals surface area contributed by atoms with E-state index in [4.69, 9.17) is 0 Å². The summed E-state index contributed by atoms with van der Waals surface area (Å²) in [5, 5.41) is 3.95. The second-order valence-corrected chi connectivity index (χ2v) is 8.71. The molecule has 0 fully saturated rings. The molecule has 0 aliphatic heterocycles. The van der Waals surface area contributed by atoms with E-state index in [1.807, 2.05) is 12.1 Å². The Hall–Kier alpha value is -2.80. The van der Waals surface area contributed by atoms with Crippen molar-refractivity contribution in [1.29, 1.82) is 0 Å². The average Bonchev–Trinajstić information content (AvgIpc) is 2.98. The van der Waals surface area contributed by atoms with Crippen LogP contribution >= 0.6 is 0 Å². The first-order valence-electron chi connectivity index (χ1n) is 8.92. The number of hydrogen-bond acceptors (Lipinski definition) is 3. The van der Waals surface area contributed by atoms with Gasteiger partial charge in [-0.2, -0.15) is 0 Å². The van der Waals surface area contributed by atoms with Crippen molar-refractivity contribution in [3.63, 3.8) is 0 Å².